The van der Waals surface area contributed by atoms with E-state index in [-0.39, 0.29) is 6.15 Å². The summed E-state index contributed by atoms with van der Waals surface area (Å²) in [6.07, 6.45) is 0.250. The Kier molecular flexibility index (Phi) is 7.64. The molecule has 122 valence electrons. The minimum Gasteiger partial charge on any atom is -0.417 e. The lowest BCUT2D eigenvalue weighted by Crippen LogP contribution is -2.05. The first-order chi connectivity index (χ1) is 11.4. The largest absolute Gasteiger partial charge is 0.417 e. The molecular weight excluding hydrogens is 372 g/mol. The van der Waals surface area contributed by atoms with Crippen molar-refractivity contribution in [1.29, 1.82) is 0 Å². The number of hydrogen-bond donors (Lipinski definition) is 0. The van der Waals surface area contributed by atoms with Crippen molar-refractivity contribution in [3.63, 3.8) is 0 Å². The molecule has 0 heterocycles. The maximum atomic E-state index is 11.8. The highest BCUT2D eigenvalue weighted by molar-refractivity contribution is 9.10. The number of esters is 1. The third kappa shape index (κ3) is 6.21. The van der Waals surface area contributed by atoms with Crippen LogP contribution in [0.4, 0.5) is 0 Å². The van der Waals surface area contributed by atoms with Gasteiger partial charge in [0, 0.05) is 16.0 Å². The quantitative estimate of drug-likeness (QED) is 0.425. The molecule has 4 nitrogen and oxygen atoms in total. The molecule has 0 saturated heterocycles. The maximum absolute atomic E-state index is 11.8. The van der Waals surface area contributed by atoms with Crippen LogP contribution in [0.2, 0.25) is 0 Å². The SMILES string of the molecule is Cc1cccc(C#CC(=O)Oc2cc(C)c(Br)c(C)c2)c1.O=C=O. The molecule has 0 aliphatic carbocycles. The summed E-state index contributed by atoms with van der Waals surface area (Å²) in [7, 11) is 0. The Hall–Kier alpha value is -2.67. The predicted molar refractivity (Wildman–Crippen MR) is 92.3 cm³/mol. The molecule has 0 bridgehead atoms. The second-order valence-corrected chi connectivity index (χ2v) is 5.76. The molecule has 0 spiro atoms. The van der Waals surface area contributed by atoms with E-state index in [2.05, 4.69) is 27.8 Å². The molecule has 2 aromatic rings. The van der Waals surface area contributed by atoms with Gasteiger partial charge >= 0.3 is 12.1 Å². The second-order valence-electron chi connectivity index (χ2n) is 4.96. The monoisotopic (exact) mass is 386 g/mol. The van der Waals surface area contributed by atoms with Gasteiger partial charge in [-0.2, -0.15) is 9.59 Å². The van der Waals surface area contributed by atoms with Gasteiger partial charge in [-0.15, -0.1) is 0 Å². The number of hydrogen-bond acceptors (Lipinski definition) is 4. The van der Waals surface area contributed by atoms with Crippen molar-refractivity contribution in [1.82, 2.24) is 0 Å². The van der Waals surface area contributed by atoms with E-state index < -0.39 is 5.97 Å². The first-order valence-corrected chi connectivity index (χ1v) is 7.73. The average molecular weight is 387 g/mol. The average Bonchev–Trinajstić information content (AvgIpc) is 2.51. The standard InChI is InChI=1S/C18H15BrO2.CO2/c1-12-5-4-6-15(9-12)7-8-17(20)21-16-10-13(2)18(19)14(3)11-16;2-1-3/h4-6,9-11H,1-3H3;. The highest BCUT2D eigenvalue weighted by Crippen LogP contribution is 2.26. The molecule has 2 aromatic carbocycles. The molecule has 0 aliphatic heterocycles. The van der Waals surface area contributed by atoms with E-state index in [1.54, 1.807) is 0 Å². The van der Waals surface area contributed by atoms with Crippen molar-refractivity contribution >= 4 is 28.1 Å². The summed E-state index contributed by atoms with van der Waals surface area (Å²) in [4.78, 5) is 28.0. The Bertz CT molecular complexity index is 815. The molecule has 0 aliphatic rings. The number of benzene rings is 2. The van der Waals surface area contributed by atoms with Crippen molar-refractivity contribution in [2.75, 3.05) is 0 Å². The molecule has 0 unspecified atom stereocenters. The fraction of sp³-hybridized carbons (Fsp3) is 0.158. The van der Waals surface area contributed by atoms with E-state index in [1.165, 1.54) is 0 Å². The highest BCUT2D eigenvalue weighted by atomic mass is 79.9. The van der Waals surface area contributed by atoms with Crippen LogP contribution in [0.15, 0.2) is 40.9 Å². The number of aryl methyl sites for hydroxylation is 3. The topological polar surface area (TPSA) is 60.4 Å². The summed E-state index contributed by atoms with van der Waals surface area (Å²) in [5.74, 6) is 5.27. The smallest absolute Gasteiger partial charge is 0.390 e. The predicted octanol–water partition coefficient (Wildman–Crippen LogP) is 3.75. The van der Waals surface area contributed by atoms with Crippen LogP contribution in [-0.2, 0) is 14.4 Å². The molecule has 0 saturated carbocycles. The molecule has 0 N–H and O–H groups in total. The Morgan fingerprint density at radius 1 is 1.04 bits per heavy atom. The molecular formula is C19H15BrO4. The first kappa shape index (κ1) is 19.4. The van der Waals surface area contributed by atoms with Crippen molar-refractivity contribution in [3.05, 3.63) is 63.1 Å². The van der Waals surface area contributed by atoms with Crippen LogP contribution in [0.25, 0.3) is 0 Å². The summed E-state index contributed by atoms with van der Waals surface area (Å²) in [5.41, 5.74) is 3.94. The van der Waals surface area contributed by atoms with Crippen LogP contribution < -0.4 is 4.74 Å². The van der Waals surface area contributed by atoms with Crippen molar-refractivity contribution in [3.8, 4) is 17.6 Å². The molecule has 0 atom stereocenters. The molecule has 2 rings (SSSR count). The summed E-state index contributed by atoms with van der Waals surface area (Å²) in [6.45, 7) is 5.89. The normalized spacial score (nSPS) is 8.83. The number of carbonyl (C=O) groups excluding carboxylic acids is 3. The highest BCUT2D eigenvalue weighted by Gasteiger charge is 2.06. The van der Waals surface area contributed by atoms with E-state index in [0.717, 1.165) is 26.7 Å². The van der Waals surface area contributed by atoms with E-state index >= 15 is 0 Å². The third-order valence-corrected chi connectivity index (χ3v) is 4.20. The molecule has 0 fully saturated rings. The zero-order chi connectivity index (χ0) is 18.1. The van der Waals surface area contributed by atoms with Gasteiger partial charge in [0.2, 0.25) is 0 Å². The lowest BCUT2D eigenvalue weighted by Gasteiger charge is -2.06. The molecule has 0 radical (unpaired) electrons. The molecule has 0 amide bonds. The first-order valence-electron chi connectivity index (χ1n) is 6.94. The lowest BCUT2D eigenvalue weighted by atomic mass is 10.1. The lowest BCUT2D eigenvalue weighted by molar-refractivity contribution is -0.191. The molecule has 5 heteroatoms. The number of ether oxygens (including phenoxy) is 1. The fourth-order valence-corrected chi connectivity index (χ4v) is 2.17. The van der Waals surface area contributed by atoms with Gasteiger partial charge in [-0.3, -0.25) is 0 Å². The van der Waals surface area contributed by atoms with Crippen LogP contribution >= 0.6 is 15.9 Å². The van der Waals surface area contributed by atoms with Crippen LogP contribution in [0.5, 0.6) is 5.75 Å². The number of carbonyl (C=O) groups is 1. The van der Waals surface area contributed by atoms with E-state index in [1.807, 2.05) is 57.2 Å². The van der Waals surface area contributed by atoms with Gasteiger partial charge < -0.3 is 4.74 Å². The minimum absolute atomic E-state index is 0.250. The summed E-state index contributed by atoms with van der Waals surface area (Å²) in [5, 5.41) is 0. The van der Waals surface area contributed by atoms with Crippen molar-refractivity contribution in [2.45, 2.75) is 20.8 Å². The summed E-state index contributed by atoms with van der Waals surface area (Å²) >= 11 is 3.48. The van der Waals surface area contributed by atoms with E-state index in [9.17, 15) is 4.79 Å². The van der Waals surface area contributed by atoms with E-state index in [0.29, 0.717) is 5.75 Å². The van der Waals surface area contributed by atoms with Gasteiger partial charge in [-0.05, 0) is 61.7 Å². The van der Waals surface area contributed by atoms with Gasteiger partial charge in [-0.1, -0.05) is 34.0 Å². The van der Waals surface area contributed by atoms with Crippen LogP contribution in [0, 0.1) is 32.6 Å². The summed E-state index contributed by atoms with van der Waals surface area (Å²) in [6, 6.07) is 11.3. The third-order valence-electron chi connectivity index (χ3n) is 2.95. The zero-order valence-electron chi connectivity index (χ0n) is 13.5. The summed E-state index contributed by atoms with van der Waals surface area (Å²) < 4.78 is 6.27. The zero-order valence-corrected chi connectivity index (χ0v) is 15.1. The second kappa shape index (κ2) is 9.46. The van der Waals surface area contributed by atoms with Gasteiger partial charge in [0.15, 0.2) is 0 Å². The van der Waals surface area contributed by atoms with Gasteiger partial charge in [0.05, 0.1) is 0 Å². The Morgan fingerprint density at radius 3 is 2.17 bits per heavy atom. The van der Waals surface area contributed by atoms with Crippen LogP contribution in [0.1, 0.15) is 22.3 Å². The number of rotatable bonds is 1. The molecule has 24 heavy (non-hydrogen) atoms. The van der Waals surface area contributed by atoms with E-state index in [4.69, 9.17) is 14.3 Å². The Labute approximate surface area is 149 Å². The number of halogens is 1. The molecule has 0 aromatic heterocycles. The van der Waals surface area contributed by atoms with Crippen molar-refractivity contribution < 1.29 is 19.1 Å². The minimum atomic E-state index is -0.558. The van der Waals surface area contributed by atoms with Crippen LogP contribution in [0.3, 0.4) is 0 Å². The fourth-order valence-electron chi connectivity index (χ4n) is 1.94. The van der Waals surface area contributed by atoms with Gasteiger partial charge in [-0.25, -0.2) is 4.79 Å². The Balaban J connectivity index is 0.000000891. The Morgan fingerprint density at radius 2 is 1.62 bits per heavy atom. The van der Waals surface area contributed by atoms with Gasteiger partial charge in [0.25, 0.3) is 0 Å². The van der Waals surface area contributed by atoms with Crippen molar-refractivity contribution in [2.24, 2.45) is 0 Å². The maximum Gasteiger partial charge on any atom is 0.390 e. The van der Waals surface area contributed by atoms with Gasteiger partial charge in [0.1, 0.15) is 5.75 Å². The van der Waals surface area contributed by atoms with Crippen LogP contribution in [-0.4, -0.2) is 12.1 Å².